The van der Waals surface area contributed by atoms with Gasteiger partial charge in [-0.1, -0.05) is 18.2 Å². The molecule has 0 saturated heterocycles. The van der Waals surface area contributed by atoms with E-state index in [9.17, 15) is 0 Å². The highest BCUT2D eigenvalue weighted by atomic mass is 16.5. The van der Waals surface area contributed by atoms with Gasteiger partial charge in [-0.2, -0.15) is 0 Å². The minimum atomic E-state index is 0.615. The summed E-state index contributed by atoms with van der Waals surface area (Å²) in [4.78, 5) is 0. The summed E-state index contributed by atoms with van der Waals surface area (Å²) < 4.78 is 11.5. The van der Waals surface area contributed by atoms with Crippen molar-refractivity contribution in [3.05, 3.63) is 64.2 Å². The average Bonchev–Trinajstić information content (AvgIpc) is 2.89. The number of benzene rings is 2. The molecule has 2 heterocycles. The van der Waals surface area contributed by atoms with Crippen LogP contribution in [0.15, 0.2) is 36.4 Å². The highest BCUT2D eigenvalue weighted by molar-refractivity contribution is 5.37. The van der Waals surface area contributed by atoms with Crippen LogP contribution in [0.4, 0.5) is 0 Å². The number of ether oxygens (including phenoxy) is 2. The van der Waals surface area contributed by atoms with Crippen LogP contribution in [0.5, 0.6) is 5.75 Å². The molecule has 0 amide bonds. The summed E-state index contributed by atoms with van der Waals surface area (Å²) in [5.74, 6) is 0.970. The Balaban J connectivity index is 1.46. The smallest absolute Gasteiger partial charge is 0.120 e. The third kappa shape index (κ3) is 2.87. The topological polar surface area (TPSA) is 30.5 Å². The molecule has 2 aromatic rings. The Kier molecular flexibility index (Phi) is 3.83. The fourth-order valence-electron chi connectivity index (χ4n) is 3.22. The van der Waals surface area contributed by atoms with E-state index in [0.29, 0.717) is 6.61 Å². The van der Waals surface area contributed by atoms with Gasteiger partial charge < -0.3 is 14.8 Å². The largest absolute Gasteiger partial charge is 0.489 e. The standard InChI is InChI=1S/C19H21NO2/c1-2-17-12-21-13-18(17)9-14(1)11-22-19-4-3-15-5-7-20-8-6-16(15)10-19/h1-4,9-10,20H,5-8,11-13H2. The number of hydrogen-bond acceptors (Lipinski definition) is 3. The van der Waals surface area contributed by atoms with Gasteiger partial charge in [-0.3, -0.25) is 0 Å². The summed E-state index contributed by atoms with van der Waals surface area (Å²) in [5, 5.41) is 3.44. The molecule has 0 aliphatic carbocycles. The summed E-state index contributed by atoms with van der Waals surface area (Å²) >= 11 is 0. The Morgan fingerprint density at radius 1 is 0.864 bits per heavy atom. The Hall–Kier alpha value is -1.84. The summed E-state index contributed by atoms with van der Waals surface area (Å²) in [6.45, 7) is 4.22. The summed E-state index contributed by atoms with van der Waals surface area (Å²) in [7, 11) is 0. The van der Waals surface area contributed by atoms with Gasteiger partial charge in [0.25, 0.3) is 0 Å². The van der Waals surface area contributed by atoms with Crippen LogP contribution < -0.4 is 10.1 Å². The monoisotopic (exact) mass is 295 g/mol. The van der Waals surface area contributed by atoms with Gasteiger partial charge >= 0.3 is 0 Å². The van der Waals surface area contributed by atoms with Gasteiger partial charge in [0.2, 0.25) is 0 Å². The normalized spacial score (nSPS) is 16.7. The second-order valence-corrected chi connectivity index (χ2v) is 6.07. The molecular formula is C19H21NO2. The number of fused-ring (bicyclic) bond motifs is 2. The maximum absolute atomic E-state index is 6.00. The molecule has 0 bridgehead atoms. The van der Waals surface area contributed by atoms with E-state index in [0.717, 1.165) is 44.9 Å². The first-order valence-corrected chi connectivity index (χ1v) is 8.02. The molecule has 2 aliphatic heterocycles. The van der Waals surface area contributed by atoms with E-state index >= 15 is 0 Å². The van der Waals surface area contributed by atoms with Crippen molar-refractivity contribution in [2.75, 3.05) is 13.1 Å². The van der Waals surface area contributed by atoms with E-state index in [1.54, 1.807) is 0 Å². The lowest BCUT2D eigenvalue weighted by Crippen LogP contribution is -2.16. The van der Waals surface area contributed by atoms with Crippen LogP contribution in [0.25, 0.3) is 0 Å². The van der Waals surface area contributed by atoms with Crippen LogP contribution in [0.1, 0.15) is 27.8 Å². The molecule has 0 radical (unpaired) electrons. The minimum absolute atomic E-state index is 0.615. The Morgan fingerprint density at radius 2 is 1.68 bits per heavy atom. The highest BCUT2D eigenvalue weighted by Crippen LogP contribution is 2.23. The van der Waals surface area contributed by atoms with Crippen molar-refractivity contribution in [2.24, 2.45) is 0 Å². The van der Waals surface area contributed by atoms with E-state index in [1.165, 1.54) is 27.8 Å². The molecule has 3 nitrogen and oxygen atoms in total. The van der Waals surface area contributed by atoms with Crippen molar-refractivity contribution in [2.45, 2.75) is 32.7 Å². The van der Waals surface area contributed by atoms with Gasteiger partial charge in [-0.05, 0) is 71.9 Å². The number of hydrogen-bond donors (Lipinski definition) is 1. The van der Waals surface area contributed by atoms with E-state index in [2.05, 4.69) is 41.7 Å². The van der Waals surface area contributed by atoms with E-state index < -0.39 is 0 Å². The molecule has 0 unspecified atom stereocenters. The first kappa shape index (κ1) is 13.8. The van der Waals surface area contributed by atoms with Gasteiger partial charge in [-0.15, -0.1) is 0 Å². The van der Waals surface area contributed by atoms with Gasteiger partial charge in [0.15, 0.2) is 0 Å². The Labute approximate surface area is 131 Å². The molecule has 0 fully saturated rings. The fourth-order valence-corrected chi connectivity index (χ4v) is 3.22. The van der Waals surface area contributed by atoms with Crippen molar-refractivity contribution in [3.63, 3.8) is 0 Å². The zero-order chi connectivity index (χ0) is 14.8. The van der Waals surface area contributed by atoms with E-state index in [-0.39, 0.29) is 0 Å². The van der Waals surface area contributed by atoms with E-state index in [4.69, 9.17) is 9.47 Å². The molecule has 0 saturated carbocycles. The lowest BCUT2D eigenvalue weighted by atomic mass is 10.0. The average molecular weight is 295 g/mol. The minimum Gasteiger partial charge on any atom is -0.489 e. The lowest BCUT2D eigenvalue weighted by molar-refractivity contribution is 0.134. The van der Waals surface area contributed by atoms with E-state index in [1.807, 2.05) is 0 Å². The van der Waals surface area contributed by atoms with Crippen LogP contribution >= 0.6 is 0 Å². The molecule has 22 heavy (non-hydrogen) atoms. The predicted molar refractivity (Wildman–Crippen MR) is 86.0 cm³/mol. The molecule has 1 N–H and O–H groups in total. The molecule has 0 atom stereocenters. The van der Waals surface area contributed by atoms with Gasteiger partial charge in [-0.25, -0.2) is 0 Å². The maximum atomic E-state index is 6.00. The van der Waals surface area contributed by atoms with Crippen molar-refractivity contribution in [1.82, 2.24) is 5.32 Å². The lowest BCUT2D eigenvalue weighted by Gasteiger charge is -2.11. The number of rotatable bonds is 3. The van der Waals surface area contributed by atoms with Crippen LogP contribution in [-0.2, 0) is 37.4 Å². The SMILES string of the molecule is c1cc2c(cc1COc1ccc3c(c1)CCNCC3)COC2. The van der Waals surface area contributed by atoms with Crippen molar-refractivity contribution >= 4 is 0 Å². The first-order chi connectivity index (χ1) is 10.9. The van der Waals surface area contributed by atoms with Crippen LogP contribution in [-0.4, -0.2) is 13.1 Å². The van der Waals surface area contributed by atoms with Crippen molar-refractivity contribution in [3.8, 4) is 5.75 Å². The maximum Gasteiger partial charge on any atom is 0.120 e. The van der Waals surface area contributed by atoms with Crippen molar-refractivity contribution in [1.29, 1.82) is 0 Å². The molecule has 114 valence electrons. The van der Waals surface area contributed by atoms with Crippen LogP contribution in [0.3, 0.4) is 0 Å². The zero-order valence-electron chi connectivity index (χ0n) is 12.7. The molecule has 2 aromatic carbocycles. The molecule has 4 rings (SSSR count). The molecule has 3 heteroatoms. The second kappa shape index (κ2) is 6.11. The van der Waals surface area contributed by atoms with Crippen LogP contribution in [0.2, 0.25) is 0 Å². The first-order valence-electron chi connectivity index (χ1n) is 8.02. The molecular weight excluding hydrogens is 274 g/mol. The summed E-state index contributed by atoms with van der Waals surface area (Å²) in [6.07, 6.45) is 2.20. The van der Waals surface area contributed by atoms with Gasteiger partial charge in [0.05, 0.1) is 13.2 Å². The highest BCUT2D eigenvalue weighted by Gasteiger charge is 2.12. The molecule has 0 spiro atoms. The zero-order valence-corrected chi connectivity index (χ0v) is 12.7. The fraction of sp³-hybridized carbons (Fsp3) is 0.368. The molecule has 0 aromatic heterocycles. The van der Waals surface area contributed by atoms with Crippen molar-refractivity contribution < 1.29 is 9.47 Å². The Bertz CT molecular complexity index is 681. The van der Waals surface area contributed by atoms with Gasteiger partial charge in [0, 0.05) is 0 Å². The number of nitrogens with one attached hydrogen (secondary N) is 1. The van der Waals surface area contributed by atoms with Crippen LogP contribution in [0, 0.1) is 0 Å². The predicted octanol–water partition coefficient (Wildman–Crippen LogP) is 2.98. The third-order valence-electron chi connectivity index (χ3n) is 4.51. The summed E-state index contributed by atoms with van der Waals surface area (Å²) in [5.41, 5.74) is 6.69. The Morgan fingerprint density at radius 3 is 2.64 bits per heavy atom. The quantitative estimate of drug-likeness (QED) is 0.944. The van der Waals surface area contributed by atoms with Gasteiger partial charge in [0.1, 0.15) is 12.4 Å². The third-order valence-corrected chi connectivity index (χ3v) is 4.51. The molecule has 2 aliphatic rings. The summed E-state index contributed by atoms with van der Waals surface area (Å²) in [6, 6.07) is 13.0. The second-order valence-electron chi connectivity index (χ2n) is 6.07.